The first kappa shape index (κ1) is 10.0. The van der Waals surface area contributed by atoms with Gasteiger partial charge in [-0.15, -0.1) is 0 Å². The van der Waals surface area contributed by atoms with Gasteiger partial charge in [0.15, 0.2) is 0 Å². The van der Waals surface area contributed by atoms with Gasteiger partial charge in [0.25, 0.3) is 0 Å². The van der Waals surface area contributed by atoms with Crippen LogP contribution in [0.1, 0.15) is 26.3 Å². The van der Waals surface area contributed by atoms with Crippen LogP contribution in [-0.4, -0.2) is 5.11 Å². The quantitative estimate of drug-likeness (QED) is 0.685. The molecule has 0 aromatic heterocycles. The van der Waals surface area contributed by atoms with Crippen LogP contribution >= 0.6 is 0 Å². The van der Waals surface area contributed by atoms with Gasteiger partial charge in [-0.25, -0.2) is 0 Å². The summed E-state index contributed by atoms with van der Waals surface area (Å²) in [5.74, 6) is 0.417. The molecule has 0 aliphatic carbocycles. The van der Waals surface area contributed by atoms with E-state index in [9.17, 15) is 5.11 Å². The predicted molar refractivity (Wildman–Crippen MR) is 64.3 cm³/mol. The van der Waals surface area contributed by atoms with Crippen LogP contribution in [0.15, 0.2) is 36.4 Å². The normalized spacial score (nSPS) is 11.9. The molecule has 0 radical (unpaired) electrons. The minimum atomic E-state index is -0.0197. The van der Waals surface area contributed by atoms with E-state index in [1.807, 2.05) is 30.3 Å². The van der Waals surface area contributed by atoms with Crippen molar-refractivity contribution in [3.63, 3.8) is 0 Å². The third kappa shape index (κ3) is 1.70. The third-order valence-electron chi connectivity index (χ3n) is 2.71. The molecule has 0 amide bonds. The van der Waals surface area contributed by atoms with Crippen molar-refractivity contribution in [2.75, 3.05) is 0 Å². The SMILES string of the molecule is CC(C)(C)c1ccc2ccccc2c1O. The summed E-state index contributed by atoms with van der Waals surface area (Å²) in [4.78, 5) is 0. The van der Waals surface area contributed by atoms with Crippen molar-refractivity contribution in [2.45, 2.75) is 26.2 Å². The highest BCUT2D eigenvalue weighted by Crippen LogP contribution is 2.35. The van der Waals surface area contributed by atoms with Gasteiger partial charge in [0.2, 0.25) is 0 Å². The molecule has 0 bridgehead atoms. The van der Waals surface area contributed by atoms with Crippen LogP contribution in [0, 0.1) is 0 Å². The average molecular weight is 200 g/mol. The van der Waals surface area contributed by atoms with Crippen molar-refractivity contribution in [3.8, 4) is 5.75 Å². The minimum Gasteiger partial charge on any atom is -0.507 e. The molecule has 2 rings (SSSR count). The van der Waals surface area contributed by atoms with Crippen molar-refractivity contribution in [3.05, 3.63) is 42.0 Å². The molecule has 0 unspecified atom stereocenters. The Morgan fingerprint density at radius 2 is 1.60 bits per heavy atom. The molecule has 0 spiro atoms. The van der Waals surface area contributed by atoms with Gasteiger partial charge < -0.3 is 5.11 Å². The number of phenolic OH excluding ortho intramolecular Hbond substituents is 1. The molecular formula is C14H16O. The van der Waals surface area contributed by atoms with E-state index < -0.39 is 0 Å². The monoisotopic (exact) mass is 200 g/mol. The molecular weight excluding hydrogens is 184 g/mol. The number of phenols is 1. The van der Waals surface area contributed by atoms with Crippen LogP contribution in [0.3, 0.4) is 0 Å². The zero-order chi connectivity index (χ0) is 11.1. The lowest BCUT2D eigenvalue weighted by atomic mass is 9.85. The lowest BCUT2D eigenvalue weighted by molar-refractivity contribution is 0.453. The van der Waals surface area contributed by atoms with Crippen LogP contribution in [0.4, 0.5) is 0 Å². The summed E-state index contributed by atoms with van der Waals surface area (Å²) in [5.41, 5.74) is 0.981. The second-order valence-electron chi connectivity index (χ2n) is 4.93. The van der Waals surface area contributed by atoms with Gasteiger partial charge in [-0.2, -0.15) is 0 Å². The average Bonchev–Trinajstić information content (AvgIpc) is 2.16. The van der Waals surface area contributed by atoms with Crippen molar-refractivity contribution >= 4 is 10.8 Å². The molecule has 0 atom stereocenters. The number of fused-ring (bicyclic) bond motifs is 1. The van der Waals surface area contributed by atoms with Crippen LogP contribution in [0.2, 0.25) is 0 Å². The summed E-state index contributed by atoms with van der Waals surface area (Å²) in [7, 11) is 0. The Morgan fingerprint density at radius 3 is 2.27 bits per heavy atom. The fraction of sp³-hybridized carbons (Fsp3) is 0.286. The van der Waals surface area contributed by atoms with Gasteiger partial charge in [-0.05, 0) is 16.4 Å². The van der Waals surface area contributed by atoms with Crippen molar-refractivity contribution in [1.29, 1.82) is 0 Å². The zero-order valence-corrected chi connectivity index (χ0v) is 9.41. The summed E-state index contributed by atoms with van der Waals surface area (Å²) < 4.78 is 0. The number of hydrogen-bond donors (Lipinski definition) is 1. The van der Waals surface area contributed by atoms with E-state index >= 15 is 0 Å². The standard InChI is InChI=1S/C14H16O/c1-14(2,3)12-9-8-10-6-4-5-7-11(10)13(12)15/h4-9,15H,1-3H3. The van der Waals surface area contributed by atoms with Crippen molar-refractivity contribution < 1.29 is 5.11 Å². The van der Waals surface area contributed by atoms with Crippen LogP contribution in [0.5, 0.6) is 5.75 Å². The summed E-state index contributed by atoms with van der Waals surface area (Å²) in [6.07, 6.45) is 0. The van der Waals surface area contributed by atoms with E-state index in [2.05, 4.69) is 26.8 Å². The molecule has 1 nitrogen and oxygen atoms in total. The van der Waals surface area contributed by atoms with Crippen molar-refractivity contribution in [1.82, 2.24) is 0 Å². The fourth-order valence-corrected chi connectivity index (χ4v) is 1.86. The molecule has 1 N–H and O–H groups in total. The molecule has 2 aromatic carbocycles. The molecule has 0 saturated heterocycles. The summed E-state index contributed by atoms with van der Waals surface area (Å²) in [6, 6.07) is 12.0. The van der Waals surface area contributed by atoms with Crippen LogP contribution in [0.25, 0.3) is 10.8 Å². The van der Waals surface area contributed by atoms with E-state index in [-0.39, 0.29) is 5.41 Å². The summed E-state index contributed by atoms with van der Waals surface area (Å²) in [5, 5.41) is 12.2. The number of hydrogen-bond acceptors (Lipinski definition) is 1. The Balaban J connectivity index is 2.76. The van der Waals surface area contributed by atoms with Crippen molar-refractivity contribution in [2.24, 2.45) is 0 Å². The molecule has 2 aromatic rings. The van der Waals surface area contributed by atoms with Crippen LogP contribution < -0.4 is 0 Å². The Labute approximate surface area is 90.4 Å². The highest BCUT2D eigenvalue weighted by atomic mass is 16.3. The maximum Gasteiger partial charge on any atom is 0.127 e. The van der Waals surface area contributed by atoms with Gasteiger partial charge in [0, 0.05) is 5.39 Å². The van der Waals surface area contributed by atoms with Gasteiger partial charge >= 0.3 is 0 Å². The molecule has 0 fully saturated rings. The molecule has 0 aliphatic heterocycles. The summed E-state index contributed by atoms with van der Waals surface area (Å²) in [6.45, 7) is 6.32. The predicted octanol–water partition coefficient (Wildman–Crippen LogP) is 3.84. The second-order valence-corrected chi connectivity index (χ2v) is 4.93. The maximum absolute atomic E-state index is 10.2. The smallest absolute Gasteiger partial charge is 0.127 e. The highest BCUT2D eigenvalue weighted by molar-refractivity contribution is 5.89. The largest absolute Gasteiger partial charge is 0.507 e. The number of benzene rings is 2. The van der Waals surface area contributed by atoms with Gasteiger partial charge in [-0.1, -0.05) is 57.2 Å². The molecule has 0 aliphatic rings. The van der Waals surface area contributed by atoms with Gasteiger partial charge in [0.05, 0.1) is 0 Å². The fourth-order valence-electron chi connectivity index (χ4n) is 1.86. The Hall–Kier alpha value is -1.50. The minimum absolute atomic E-state index is 0.0197. The first-order valence-electron chi connectivity index (χ1n) is 5.21. The van der Waals surface area contributed by atoms with E-state index in [0.29, 0.717) is 5.75 Å². The third-order valence-corrected chi connectivity index (χ3v) is 2.71. The zero-order valence-electron chi connectivity index (χ0n) is 9.41. The van der Waals surface area contributed by atoms with E-state index in [1.54, 1.807) is 0 Å². The van der Waals surface area contributed by atoms with E-state index in [1.165, 1.54) is 0 Å². The number of rotatable bonds is 0. The van der Waals surface area contributed by atoms with E-state index in [0.717, 1.165) is 16.3 Å². The molecule has 15 heavy (non-hydrogen) atoms. The topological polar surface area (TPSA) is 20.2 Å². The molecule has 0 heterocycles. The summed E-state index contributed by atoms with van der Waals surface area (Å²) >= 11 is 0. The Kier molecular flexibility index (Phi) is 2.18. The van der Waals surface area contributed by atoms with Gasteiger partial charge in [-0.3, -0.25) is 0 Å². The Morgan fingerprint density at radius 1 is 0.933 bits per heavy atom. The van der Waals surface area contributed by atoms with E-state index in [4.69, 9.17) is 0 Å². The number of aromatic hydroxyl groups is 1. The molecule has 1 heteroatoms. The van der Waals surface area contributed by atoms with Crippen LogP contribution in [-0.2, 0) is 5.41 Å². The highest BCUT2D eigenvalue weighted by Gasteiger charge is 2.18. The first-order chi connectivity index (χ1) is 7.00. The van der Waals surface area contributed by atoms with Gasteiger partial charge in [0.1, 0.15) is 5.75 Å². The lowest BCUT2D eigenvalue weighted by Crippen LogP contribution is -2.11. The second kappa shape index (κ2) is 3.27. The maximum atomic E-state index is 10.2. The Bertz CT molecular complexity index is 492. The first-order valence-corrected chi connectivity index (χ1v) is 5.21. The molecule has 78 valence electrons. The molecule has 0 saturated carbocycles. The lowest BCUT2D eigenvalue weighted by Gasteiger charge is -2.21.